The molecule has 104 valence electrons. The fourth-order valence-corrected chi connectivity index (χ4v) is 4.72. The molecule has 3 atom stereocenters. The van der Waals surface area contributed by atoms with E-state index in [1.807, 2.05) is 18.2 Å². The second-order valence-corrected chi connectivity index (χ2v) is 6.93. The van der Waals surface area contributed by atoms with Crippen LogP contribution in [0, 0.1) is 11.3 Å². The number of thioether (sulfide) groups is 2. The van der Waals surface area contributed by atoms with Gasteiger partial charge in [-0.1, -0.05) is 30.3 Å². The summed E-state index contributed by atoms with van der Waals surface area (Å²) in [6, 6.07) is 11.9. The zero-order valence-electron chi connectivity index (χ0n) is 10.9. The minimum absolute atomic E-state index is 0.0625. The van der Waals surface area contributed by atoms with Crippen molar-refractivity contribution >= 4 is 29.4 Å². The molecule has 1 amide bonds. The quantitative estimate of drug-likeness (QED) is 0.903. The maximum atomic E-state index is 12.5. The Kier molecular flexibility index (Phi) is 4.20. The summed E-state index contributed by atoms with van der Waals surface area (Å²) < 4.78 is 0. The molecule has 0 aliphatic carbocycles. The van der Waals surface area contributed by atoms with Crippen molar-refractivity contribution in [3.63, 3.8) is 0 Å². The van der Waals surface area contributed by atoms with Gasteiger partial charge in [-0.05, 0) is 5.56 Å². The first kappa shape index (κ1) is 13.8. The SMILES string of the molecule is N#C[C@@H]1CSCN1C(=O)[C@@H]1CSC(c2ccccc2)N1. The number of nitriles is 1. The number of benzene rings is 1. The highest BCUT2D eigenvalue weighted by molar-refractivity contribution is 8.00. The van der Waals surface area contributed by atoms with Crippen molar-refractivity contribution in [3.05, 3.63) is 35.9 Å². The Morgan fingerprint density at radius 2 is 2.15 bits per heavy atom. The van der Waals surface area contributed by atoms with Gasteiger partial charge in [-0.2, -0.15) is 5.26 Å². The van der Waals surface area contributed by atoms with Crippen molar-refractivity contribution in [2.45, 2.75) is 17.5 Å². The van der Waals surface area contributed by atoms with E-state index in [1.54, 1.807) is 28.4 Å². The minimum Gasteiger partial charge on any atom is -0.315 e. The van der Waals surface area contributed by atoms with Gasteiger partial charge in [0.1, 0.15) is 6.04 Å². The summed E-state index contributed by atoms with van der Waals surface area (Å²) in [5.74, 6) is 2.19. The number of hydrogen-bond donors (Lipinski definition) is 1. The van der Waals surface area contributed by atoms with Gasteiger partial charge in [-0.25, -0.2) is 0 Å². The van der Waals surface area contributed by atoms with Crippen molar-refractivity contribution in [2.75, 3.05) is 17.4 Å². The van der Waals surface area contributed by atoms with E-state index in [1.165, 1.54) is 5.56 Å². The van der Waals surface area contributed by atoms with Crippen LogP contribution in [0.15, 0.2) is 30.3 Å². The Morgan fingerprint density at radius 1 is 1.35 bits per heavy atom. The van der Waals surface area contributed by atoms with Crippen LogP contribution >= 0.6 is 23.5 Å². The maximum Gasteiger partial charge on any atom is 0.242 e. The molecule has 1 aromatic rings. The van der Waals surface area contributed by atoms with Crippen LogP contribution in [0.5, 0.6) is 0 Å². The standard InChI is InChI=1S/C14H15N3OS2/c15-6-11-7-19-9-17(11)14(18)12-8-20-13(16-12)10-4-2-1-3-5-10/h1-5,11-13,16H,7-9H2/t11-,12+,13?/m1/s1. The number of nitrogens with one attached hydrogen (secondary N) is 1. The fraction of sp³-hybridized carbons (Fsp3) is 0.429. The largest absolute Gasteiger partial charge is 0.315 e. The highest BCUT2D eigenvalue weighted by Gasteiger charge is 2.37. The molecule has 1 N–H and O–H groups in total. The van der Waals surface area contributed by atoms with Crippen molar-refractivity contribution in [3.8, 4) is 6.07 Å². The molecular formula is C14H15N3OS2. The Bertz CT molecular complexity index is 531. The average molecular weight is 305 g/mol. The lowest BCUT2D eigenvalue weighted by Crippen LogP contribution is -2.47. The van der Waals surface area contributed by atoms with Crippen LogP contribution in [-0.4, -0.2) is 40.3 Å². The Labute approximate surface area is 126 Å². The van der Waals surface area contributed by atoms with E-state index in [0.29, 0.717) is 5.88 Å². The first-order valence-corrected chi connectivity index (χ1v) is 8.70. The van der Waals surface area contributed by atoms with Gasteiger partial charge in [0.2, 0.25) is 5.91 Å². The summed E-state index contributed by atoms with van der Waals surface area (Å²) in [6.45, 7) is 0. The first-order chi connectivity index (χ1) is 9.79. The van der Waals surface area contributed by atoms with Gasteiger partial charge < -0.3 is 4.90 Å². The van der Waals surface area contributed by atoms with Crippen LogP contribution in [-0.2, 0) is 4.79 Å². The highest BCUT2D eigenvalue weighted by atomic mass is 32.2. The molecule has 1 unspecified atom stereocenters. The van der Waals surface area contributed by atoms with Gasteiger partial charge in [0.15, 0.2) is 0 Å². The molecule has 1 aromatic carbocycles. The summed E-state index contributed by atoms with van der Waals surface area (Å²) in [5.41, 5.74) is 1.19. The van der Waals surface area contributed by atoms with Crippen LogP contribution in [0.25, 0.3) is 0 Å². The second-order valence-electron chi connectivity index (χ2n) is 4.80. The zero-order valence-corrected chi connectivity index (χ0v) is 12.5. The smallest absolute Gasteiger partial charge is 0.242 e. The molecule has 2 aliphatic heterocycles. The lowest BCUT2D eigenvalue weighted by molar-refractivity contribution is -0.132. The van der Waals surface area contributed by atoms with Gasteiger partial charge in [-0.15, -0.1) is 23.5 Å². The summed E-state index contributed by atoms with van der Waals surface area (Å²) in [6.07, 6.45) is 0. The molecule has 4 nitrogen and oxygen atoms in total. The maximum absolute atomic E-state index is 12.5. The first-order valence-electron chi connectivity index (χ1n) is 6.50. The van der Waals surface area contributed by atoms with Crippen molar-refractivity contribution < 1.29 is 4.79 Å². The molecule has 0 radical (unpaired) electrons. The molecule has 6 heteroatoms. The van der Waals surface area contributed by atoms with E-state index in [0.717, 1.165) is 11.5 Å². The Hall–Kier alpha value is -1.16. The summed E-state index contributed by atoms with van der Waals surface area (Å²) >= 11 is 3.40. The van der Waals surface area contributed by atoms with Crippen molar-refractivity contribution in [2.24, 2.45) is 0 Å². The highest BCUT2D eigenvalue weighted by Crippen LogP contribution is 2.34. The summed E-state index contributed by atoms with van der Waals surface area (Å²) in [4.78, 5) is 14.2. The third kappa shape index (κ3) is 2.66. The number of carbonyl (C=O) groups is 1. The zero-order chi connectivity index (χ0) is 13.9. The van der Waals surface area contributed by atoms with Crippen LogP contribution in [0.2, 0.25) is 0 Å². The van der Waals surface area contributed by atoms with Gasteiger partial charge >= 0.3 is 0 Å². The normalized spacial score (nSPS) is 29.4. The van der Waals surface area contributed by atoms with E-state index in [2.05, 4.69) is 23.5 Å². The van der Waals surface area contributed by atoms with Crippen LogP contribution < -0.4 is 5.32 Å². The van der Waals surface area contributed by atoms with Gasteiger partial charge in [0.05, 0.1) is 23.4 Å². The molecule has 2 saturated heterocycles. The minimum atomic E-state index is -0.268. The lowest BCUT2D eigenvalue weighted by atomic mass is 10.2. The van der Waals surface area contributed by atoms with Gasteiger partial charge in [0.25, 0.3) is 0 Å². The monoisotopic (exact) mass is 305 g/mol. The van der Waals surface area contributed by atoms with Gasteiger partial charge in [0, 0.05) is 11.5 Å². The molecular weight excluding hydrogens is 290 g/mol. The van der Waals surface area contributed by atoms with E-state index >= 15 is 0 Å². The van der Waals surface area contributed by atoms with Crippen molar-refractivity contribution in [1.82, 2.24) is 10.2 Å². The summed E-state index contributed by atoms with van der Waals surface area (Å²) in [5, 5.41) is 12.6. The van der Waals surface area contributed by atoms with Crippen LogP contribution in [0.1, 0.15) is 10.9 Å². The third-order valence-corrected chi connectivity index (χ3v) is 5.78. The third-order valence-electron chi connectivity index (χ3n) is 3.50. The molecule has 0 saturated carbocycles. The Balaban J connectivity index is 1.65. The predicted molar refractivity (Wildman–Crippen MR) is 82.1 cm³/mol. The number of hydrogen-bond acceptors (Lipinski definition) is 5. The van der Waals surface area contributed by atoms with Gasteiger partial charge in [-0.3, -0.25) is 10.1 Å². The number of amides is 1. The molecule has 2 aliphatic rings. The molecule has 0 spiro atoms. The predicted octanol–water partition coefficient (Wildman–Crippen LogP) is 1.82. The summed E-state index contributed by atoms with van der Waals surface area (Å²) in [7, 11) is 0. The topological polar surface area (TPSA) is 56.1 Å². The van der Waals surface area contributed by atoms with E-state index < -0.39 is 0 Å². The van der Waals surface area contributed by atoms with E-state index in [4.69, 9.17) is 5.26 Å². The van der Waals surface area contributed by atoms with Crippen LogP contribution in [0.3, 0.4) is 0 Å². The number of nitrogens with zero attached hydrogens (tertiary/aromatic N) is 2. The molecule has 3 rings (SSSR count). The average Bonchev–Trinajstić information content (AvgIpc) is 3.16. The molecule has 0 aromatic heterocycles. The molecule has 20 heavy (non-hydrogen) atoms. The van der Waals surface area contributed by atoms with Crippen LogP contribution in [0.4, 0.5) is 0 Å². The Morgan fingerprint density at radius 3 is 2.90 bits per heavy atom. The number of carbonyl (C=O) groups excluding carboxylic acids is 1. The second kappa shape index (κ2) is 6.08. The number of rotatable bonds is 2. The molecule has 2 fully saturated rings. The molecule has 2 heterocycles. The van der Waals surface area contributed by atoms with E-state index in [9.17, 15) is 4.79 Å². The van der Waals surface area contributed by atoms with Crippen molar-refractivity contribution in [1.29, 1.82) is 5.26 Å². The van der Waals surface area contributed by atoms with E-state index in [-0.39, 0.29) is 23.4 Å². The lowest BCUT2D eigenvalue weighted by Gasteiger charge is -2.22. The fourth-order valence-electron chi connectivity index (χ4n) is 2.40. The molecule has 0 bridgehead atoms.